The molecule has 0 amide bonds. The summed E-state index contributed by atoms with van der Waals surface area (Å²) in [4.78, 5) is 10.1. The van der Waals surface area contributed by atoms with Crippen LogP contribution in [0.25, 0.3) is 0 Å². The minimum Gasteiger partial charge on any atom is -0.411 e. The fourth-order valence-electron chi connectivity index (χ4n) is 0.752. The highest BCUT2D eigenvalue weighted by atomic mass is 35.5. The zero-order valence-corrected chi connectivity index (χ0v) is 9.67. The molecule has 0 aliphatic heterocycles. The van der Waals surface area contributed by atoms with E-state index in [2.05, 4.69) is 4.74 Å². The van der Waals surface area contributed by atoms with E-state index in [4.69, 9.17) is 39.5 Å². The summed E-state index contributed by atoms with van der Waals surface area (Å²) in [5, 5.41) is 0. The smallest absolute Gasteiger partial charge is 0.411 e. The van der Waals surface area contributed by atoms with E-state index in [1.165, 1.54) is 0 Å². The molecule has 1 unspecified atom stereocenters. The average molecular weight is 270 g/mol. The van der Waals surface area contributed by atoms with Crippen molar-refractivity contribution in [2.75, 3.05) is 0 Å². The first-order chi connectivity index (χ1) is 7.09. The number of hydrogen-bond acceptors (Lipinski definition) is 3. The van der Waals surface area contributed by atoms with Crippen LogP contribution in [0.15, 0.2) is 30.3 Å². The fraction of sp³-hybridized carbons (Fsp3) is 0.222. The Kier molecular flexibility index (Phi) is 5.02. The normalized spacial score (nSPS) is 12.3. The predicted octanol–water partition coefficient (Wildman–Crippen LogP) is 3.57. The van der Waals surface area contributed by atoms with Gasteiger partial charge in [0.2, 0.25) is 5.56 Å². The molecule has 1 rings (SSSR count). The summed E-state index contributed by atoms with van der Waals surface area (Å²) >= 11 is 16.2. The van der Waals surface area contributed by atoms with Gasteiger partial charge in [-0.3, -0.25) is 0 Å². The Morgan fingerprint density at radius 1 is 1.13 bits per heavy atom. The van der Waals surface area contributed by atoms with E-state index in [1.807, 2.05) is 0 Å². The zero-order chi connectivity index (χ0) is 11.3. The molecular weight excluding hydrogens is 262 g/mol. The van der Waals surface area contributed by atoms with Crippen molar-refractivity contribution in [2.45, 2.75) is 10.4 Å². The van der Waals surface area contributed by atoms with Crippen molar-refractivity contribution < 1.29 is 14.3 Å². The van der Waals surface area contributed by atoms with Crippen molar-refractivity contribution in [3.8, 4) is 5.75 Å². The molecular formula is C9H7Cl3O3. The fourth-order valence-corrected chi connectivity index (χ4v) is 0.928. The summed E-state index contributed by atoms with van der Waals surface area (Å²) < 4.78 is 9.33. The molecule has 0 bridgehead atoms. The Hall–Kier alpha value is -0.640. The maximum atomic E-state index is 11.1. The second-order valence-electron chi connectivity index (χ2n) is 2.47. The standard InChI is InChI=1S/C9H7Cl3O3/c10-7(11)8(12)15-9(13)14-6-4-2-1-3-5-6/h1-5,7-8H. The third-order valence-corrected chi connectivity index (χ3v) is 2.41. The molecule has 0 saturated carbocycles. The number of ether oxygens (including phenoxy) is 2. The summed E-state index contributed by atoms with van der Waals surface area (Å²) in [5.74, 6) is 0.354. The molecule has 0 heterocycles. The lowest BCUT2D eigenvalue weighted by atomic mass is 10.3. The number of benzene rings is 1. The van der Waals surface area contributed by atoms with Gasteiger partial charge >= 0.3 is 6.16 Å². The lowest BCUT2D eigenvalue weighted by molar-refractivity contribution is 0.0908. The minimum atomic E-state index is -1.13. The van der Waals surface area contributed by atoms with E-state index in [1.54, 1.807) is 30.3 Å². The van der Waals surface area contributed by atoms with Crippen molar-refractivity contribution in [1.82, 2.24) is 0 Å². The molecule has 0 radical (unpaired) electrons. The minimum absolute atomic E-state index is 0.354. The van der Waals surface area contributed by atoms with Crippen molar-refractivity contribution in [1.29, 1.82) is 0 Å². The van der Waals surface area contributed by atoms with Crippen molar-refractivity contribution >= 4 is 41.0 Å². The van der Waals surface area contributed by atoms with Crippen LogP contribution in [0.5, 0.6) is 5.75 Å². The SMILES string of the molecule is O=C(Oc1ccccc1)OC(Cl)C(Cl)Cl. The first-order valence-electron chi connectivity index (χ1n) is 3.95. The molecule has 15 heavy (non-hydrogen) atoms. The number of para-hydroxylation sites is 1. The lowest BCUT2D eigenvalue weighted by Gasteiger charge is -2.11. The Morgan fingerprint density at radius 2 is 1.73 bits per heavy atom. The highest BCUT2D eigenvalue weighted by Crippen LogP contribution is 2.17. The molecule has 1 aromatic rings. The third-order valence-electron chi connectivity index (χ3n) is 1.35. The van der Waals surface area contributed by atoms with Gasteiger partial charge in [-0.1, -0.05) is 53.0 Å². The highest BCUT2D eigenvalue weighted by Gasteiger charge is 2.19. The maximum absolute atomic E-state index is 11.1. The van der Waals surface area contributed by atoms with Gasteiger partial charge in [-0.15, -0.1) is 0 Å². The first kappa shape index (κ1) is 12.4. The van der Waals surface area contributed by atoms with Gasteiger partial charge in [0, 0.05) is 0 Å². The van der Waals surface area contributed by atoms with E-state index in [-0.39, 0.29) is 0 Å². The molecule has 0 spiro atoms. The summed E-state index contributed by atoms with van der Waals surface area (Å²) in [7, 11) is 0. The predicted molar refractivity (Wildman–Crippen MR) is 58.7 cm³/mol. The zero-order valence-electron chi connectivity index (χ0n) is 7.40. The van der Waals surface area contributed by atoms with Crippen LogP contribution in [-0.4, -0.2) is 16.6 Å². The quantitative estimate of drug-likeness (QED) is 0.478. The molecule has 6 heteroatoms. The molecule has 0 N–H and O–H groups in total. The first-order valence-corrected chi connectivity index (χ1v) is 5.26. The molecule has 0 aromatic heterocycles. The maximum Gasteiger partial charge on any atom is 0.515 e. The van der Waals surface area contributed by atoms with E-state index in [0.29, 0.717) is 5.75 Å². The van der Waals surface area contributed by atoms with Crippen LogP contribution in [0.2, 0.25) is 0 Å². The monoisotopic (exact) mass is 268 g/mol. The van der Waals surface area contributed by atoms with Crippen LogP contribution in [0, 0.1) is 0 Å². The summed E-state index contributed by atoms with van der Waals surface area (Å²) in [5.41, 5.74) is -1.13. The summed E-state index contributed by atoms with van der Waals surface area (Å²) in [6.45, 7) is 0. The Labute approximate surface area is 102 Å². The van der Waals surface area contributed by atoms with Gasteiger partial charge in [0.05, 0.1) is 0 Å². The number of hydrogen-bond donors (Lipinski definition) is 0. The van der Waals surface area contributed by atoms with Gasteiger partial charge in [0.15, 0.2) is 4.84 Å². The van der Waals surface area contributed by atoms with Crippen molar-refractivity contribution in [3.63, 3.8) is 0 Å². The van der Waals surface area contributed by atoms with Crippen LogP contribution >= 0.6 is 34.8 Å². The van der Waals surface area contributed by atoms with Crippen molar-refractivity contribution in [3.05, 3.63) is 30.3 Å². The van der Waals surface area contributed by atoms with Crippen molar-refractivity contribution in [2.24, 2.45) is 0 Å². The topological polar surface area (TPSA) is 35.5 Å². The molecule has 0 saturated heterocycles. The van der Waals surface area contributed by atoms with Gasteiger partial charge in [0.25, 0.3) is 0 Å². The molecule has 1 aromatic carbocycles. The lowest BCUT2D eigenvalue weighted by Crippen LogP contribution is -2.21. The van der Waals surface area contributed by atoms with E-state index < -0.39 is 16.6 Å². The Balaban J connectivity index is 2.43. The Bertz CT molecular complexity index is 316. The highest BCUT2D eigenvalue weighted by molar-refractivity contribution is 6.48. The van der Waals surface area contributed by atoms with Crippen LogP contribution in [0.4, 0.5) is 4.79 Å². The van der Waals surface area contributed by atoms with E-state index >= 15 is 0 Å². The van der Waals surface area contributed by atoms with Crippen LogP contribution < -0.4 is 4.74 Å². The molecule has 0 aliphatic carbocycles. The van der Waals surface area contributed by atoms with Gasteiger partial charge in [-0.2, -0.15) is 0 Å². The molecule has 0 aliphatic rings. The van der Waals surface area contributed by atoms with E-state index in [0.717, 1.165) is 0 Å². The number of rotatable bonds is 3. The molecule has 82 valence electrons. The van der Waals surface area contributed by atoms with Crippen LogP contribution in [0.3, 0.4) is 0 Å². The molecule has 3 nitrogen and oxygen atoms in total. The second-order valence-corrected chi connectivity index (χ2v) is 4.06. The largest absolute Gasteiger partial charge is 0.515 e. The third kappa shape index (κ3) is 4.60. The van der Waals surface area contributed by atoms with Gasteiger partial charge < -0.3 is 9.47 Å². The van der Waals surface area contributed by atoms with Gasteiger partial charge in [0.1, 0.15) is 5.75 Å². The second kappa shape index (κ2) is 6.05. The molecule has 1 atom stereocenters. The number of carbonyl (C=O) groups excluding carboxylic acids is 1. The number of halogens is 3. The molecule has 0 fully saturated rings. The summed E-state index contributed by atoms with van der Waals surface area (Å²) in [6, 6.07) is 8.42. The number of alkyl halides is 3. The van der Waals surface area contributed by atoms with Gasteiger partial charge in [-0.25, -0.2) is 4.79 Å². The summed E-state index contributed by atoms with van der Waals surface area (Å²) in [6.07, 6.45) is -0.951. The number of carbonyl (C=O) groups is 1. The average Bonchev–Trinajstić information content (AvgIpc) is 2.18. The Morgan fingerprint density at radius 3 is 2.27 bits per heavy atom. The van der Waals surface area contributed by atoms with Gasteiger partial charge in [-0.05, 0) is 12.1 Å². The van der Waals surface area contributed by atoms with Crippen LogP contribution in [0.1, 0.15) is 0 Å². The van der Waals surface area contributed by atoms with Crippen LogP contribution in [-0.2, 0) is 4.74 Å². The van der Waals surface area contributed by atoms with E-state index in [9.17, 15) is 4.79 Å².